The lowest BCUT2D eigenvalue weighted by Crippen LogP contribution is -2.25. The van der Waals surface area contributed by atoms with Crippen LogP contribution < -0.4 is 10.2 Å². The number of rotatable bonds is 8. The minimum atomic E-state index is 0.162. The van der Waals surface area contributed by atoms with Gasteiger partial charge in [-0.05, 0) is 47.4 Å². The summed E-state index contributed by atoms with van der Waals surface area (Å²) in [7, 11) is 0. The molecule has 0 aliphatic rings. The number of ether oxygens (including phenoxy) is 1. The molecule has 126 valence electrons. The Bertz CT molecular complexity index is 461. The molecule has 1 rings (SSSR count). The molecule has 1 aromatic carbocycles. The van der Waals surface area contributed by atoms with Gasteiger partial charge in [-0.1, -0.05) is 47.6 Å². The highest BCUT2D eigenvalue weighted by molar-refractivity contribution is 5.39. The molecule has 22 heavy (non-hydrogen) atoms. The van der Waals surface area contributed by atoms with E-state index in [9.17, 15) is 0 Å². The monoisotopic (exact) mass is 307 g/mol. The van der Waals surface area contributed by atoms with E-state index in [0.29, 0.717) is 18.6 Å². The largest absolute Gasteiger partial charge is 0.491 e. The van der Waals surface area contributed by atoms with Crippen molar-refractivity contribution < 1.29 is 9.57 Å². The van der Waals surface area contributed by atoms with Crippen molar-refractivity contribution in [1.29, 1.82) is 0 Å². The molecule has 0 unspecified atom stereocenters. The maximum Gasteiger partial charge on any atom is 0.119 e. The second-order valence-electron chi connectivity index (χ2n) is 7.79. The van der Waals surface area contributed by atoms with Crippen LogP contribution in [-0.4, -0.2) is 19.8 Å². The summed E-state index contributed by atoms with van der Waals surface area (Å²) >= 11 is 0. The highest BCUT2D eigenvalue weighted by Gasteiger charge is 2.28. The molecule has 3 nitrogen and oxygen atoms in total. The third-order valence-electron chi connectivity index (χ3n) is 3.60. The second-order valence-corrected chi connectivity index (χ2v) is 7.79. The molecule has 0 fully saturated rings. The van der Waals surface area contributed by atoms with Crippen LogP contribution in [0.2, 0.25) is 0 Å². The average molecular weight is 307 g/mol. The Morgan fingerprint density at radius 3 is 2.27 bits per heavy atom. The van der Waals surface area contributed by atoms with Crippen LogP contribution in [-0.2, 0) is 10.3 Å². The average Bonchev–Trinajstić information content (AvgIpc) is 2.35. The number of aryl methyl sites for hydroxylation is 1. The molecule has 1 aromatic rings. The van der Waals surface area contributed by atoms with Gasteiger partial charge in [0.05, 0.1) is 0 Å². The molecular weight excluding hydrogens is 274 g/mol. The number of benzene rings is 1. The quantitative estimate of drug-likeness (QED) is 0.561. The second kappa shape index (κ2) is 7.98. The number of hydrogen-bond acceptors (Lipinski definition) is 3. The standard InChI is InChI=1S/C19H33NO2/c1-8-20-22-12-11-21-16-9-10-17(15(2)13-16)19(6,7)14-18(3,4)5/h9-10,13,20H,8,11-12,14H2,1-7H3. The van der Waals surface area contributed by atoms with E-state index in [-0.39, 0.29) is 5.41 Å². The molecule has 1 N–H and O–H groups in total. The molecule has 0 atom stereocenters. The van der Waals surface area contributed by atoms with Gasteiger partial charge in [-0.15, -0.1) is 0 Å². The molecule has 3 heteroatoms. The summed E-state index contributed by atoms with van der Waals surface area (Å²) in [6.07, 6.45) is 1.15. The van der Waals surface area contributed by atoms with Gasteiger partial charge in [0.1, 0.15) is 19.0 Å². The van der Waals surface area contributed by atoms with Gasteiger partial charge in [-0.25, -0.2) is 5.48 Å². The molecule has 0 aliphatic carbocycles. The van der Waals surface area contributed by atoms with E-state index in [0.717, 1.165) is 18.7 Å². The van der Waals surface area contributed by atoms with Crippen molar-refractivity contribution >= 4 is 0 Å². The first-order chi connectivity index (χ1) is 10.2. The molecule has 0 aromatic heterocycles. The maximum atomic E-state index is 5.74. The van der Waals surface area contributed by atoms with E-state index in [4.69, 9.17) is 9.57 Å². The van der Waals surface area contributed by atoms with Crippen molar-refractivity contribution in [2.45, 2.75) is 60.3 Å². The number of hydrogen-bond donors (Lipinski definition) is 1. The van der Waals surface area contributed by atoms with Crippen molar-refractivity contribution in [3.8, 4) is 5.75 Å². The van der Waals surface area contributed by atoms with Crippen LogP contribution in [0, 0.1) is 12.3 Å². The Labute approximate surface area is 136 Å². The van der Waals surface area contributed by atoms with Gasteiger partial charge in [-0.3, -0.25) is 4.84 Å². The van der Waals surface area contributed by atoms with Crippen molar-refractivity contribution in [2.24, 2.45) is 5.41 Å². The van der Waals surface area contributed by atoms with Gasteiger partial charge in [0.25, 0.3) is 0 Å². The Kier molecular flexibility index (Phi) is 6.89. The van der Waals surface area contributed by atoms with Crippen LogP contribution in [0.5, 0.6) is 5.75 Å². The van der Waals surface area contributed by atoms with Crippen LogP contribution in [0.3, 0.4) is 0 Å². The number of hydroxylamine groups is 1. The normalized spacial score (nSPS) is 12.5. The summed E-state index contributed by atoms with van der Waals surface area (Å²) < 4.78 is 5.74. The van der Waals surface area contributed by atoms with Crippen LogP contribution in [0.1, 0.15) is 59.1 Å². The minimum absolute atomic E-state index is 0.162. The van der Waals surface area contributed by atoms with Gasteiger partial charge in [-0.2, -0.15) is 0 Å². The SMILES string of the molecule is CCNOCCOc1ccc(C(C)(C)CC(C)(C)C)c(C)c1. The molecule has 0 heterocycles. The van der Waals surface area contributed by atoms with Gasteiger partial charge in [0.15, 0.2) is 0 Å². The highest BCUT2D eigenvalue weighted by Crippen LogP contribution is 2.38. The summed E-state index contributed by atoms with van der Waals surface area (Å²) in [4.78, 5) is 5.19. The predicted molar refractivity (Wildman–Crippen MR) is 93.4 cm³/mol. The third-order valence-corrected chi connectivity index (χ3v) is 3.60. The Morgan fingerprint density at radius 2 is 1.73 bits per heavy atom. The lowest BCUT2D eigenvalue weighted by atomic mass is 9.71. The Balaban J connectivity index is 2.69. The van der Waals surface area contributed by atoms with E-state index in [1.54, 1.807) is 0 Å². The lowest BCUT2D eigenvalue weighted by Gasteiger charge is -2.34. The molecule has 0 amide bonds. The molecule has 0 radical (unpaired) electrons. The fourth-order valence-corrected chi connectivity index (χ4v) is 3.28. The van der Waals surface area contributed by atoms with Crippen LogP contribution >= 0.6 is 0 Å². The zero-order valence-corrected chi connectivity index (χ0v) is 15.4. The van der Waals surface area contributed by atoms with Gasteiger partial charge in [0, 0.05) is 6.54 Å². The summed E-state index contributed by atoms with van der Waals surface area (Å²) in [5.41, 5.74) is 5.99. The van der Waals surface area contributed by atoms with Crippen LogP contribution in [0.25, 0.3) is 0 Å². The first kappa shape index (κ1) is 19.0. The molecule has 0 saturated carbocycles. The fourth-order valence-electron chi connectivity index (χ4n) is 3.28. The minimum Gasteiger partial charge on any atom is -0.491 e. The van der Waals surface area contributed by atoms with Gasteiger partial charge < -0.3 is 4.74 Å². The first-order valence-electron chi connectivity index (χ1n) is 8.24. The maximum absolute atomic E-state index is 5.74. The van der Waals surface area contributed by atoms with E-state index < -0.39 is 0 Å². The molecule has 0 spiro atoms. The summed E-state index contributed by atoms with van der Waals surface area (Å²) in [5, 5.41) is 0. The zero-order valence-electron chi connectivity index (χ0n) is 15.4. The summed E-state index contributed by atoms with van der Waals surface area (Å²) in [6, 6.07) is 6.41. The van der Waals surface area contributed by atoms with Crippen LogP contribution in [0.15, 0.2) is 18.2 Å². The van der Waals surface area contributed by atoms with E-state index >= 15 is 0 Å². The Morgan fingerprint density at radius 1 is 1.05 bits per heavy atom. The lowest BCUT2D eigenvalue weighted by molar-refractivity contribution is 0.0254. The number of nitrogens with one attached hydrogen (secondary N) is 1. The highest BCUT2D eigenvalue weighted by atomic mass is 16.7. The molecule has 0 saturated heterocycles. The summed E-state index contributed by atoms with van der Waals surface area (Å²) in [6.45, 7) is 17.6. The summed E-state index contributed by atoms with van der Waals surface area (Å²) in [5.74, 6) is 0.910. The van der Waals surface area contributed by atoms with Crippen molar-refractivity contribution in [3.63, 3.8) is 0 Å². The predicted octanol–water partition coefficient (Wildman–Crippen LogP) is 4.63. The first-order valence-corrected chi connectivity index (χ1v) is 8.24. The van der Waals surface area contributed by atoms with Gasteiger partial charge in [0.2, 0.25) is 0 Å². The fraction of sp³-hybridized carbons (Fsp3) is 0.684. The van der Waals surface area contributed by atoms with E-state index in [1.165, 1.54) is 11.1 Å². The van der Waals surface area contributed by atoms with Gasteiger partial charge >= 0.3 is 0 Å². The smallest absolute Gasteiger partial charge is 0.119 e. The molecular formula is C19H33NO2. The Hall–Kier alpha value is -1.06. The van der Waals surface area contributed by atoms with E-state index in [1.807, 2.05) is 6.92 Å². The zero-order chi connectivity index (χ0) is 16.8. The van der Waals surface area contributed by atoms with Crippen LogP contribution in [0.4, 0.5) is 0 Å². The third kappa shape index (κ3) is 6.37. The van der Waals surface area contributed by atoms with Crippen molar-refractivity contribution in [2.75, 3.05) is 19.8 Å². The molecule has 0 aliphatic heterocycles. The van der Waals surface area contributed by atoms with Crippen molar-refractivity contribution in [1.82, 2.24) is 5.48 Å². The van der Waals surface area contributed by atoms with E-state index in [2.05, 4.69) is 65.2 Å². The van der Waals surface area contributed by atoms with Crippen molar-refractivity contribution in [3.05, 3.63) is 29.3 Å². The topological polar surface area (TPSA) is 30.5 Å². The molecule has 0 bridgehead atoms.